The number of hydrogen-bond acceptors (Lipinski definition) is 4. The quantitative estimate of drug-likeness (QED) is 0.432. The van der Waals surface area contributed by atoms with Gasteiger partial charge in [0.25, 0.3) is 5.91 Å². The number of aromatic nitrogens is 4. The van der Waals surface area contributed by atoms with E-state index < -0.39 is 0 Å². The van der Waals surface area contributed by atoms with E-state index >= 15 is 0 Å². The average Bonchev–Trinajstić information content (AvgIpc) is 3.35. The minimum Gasteiger partial charge on any atom is -0.319 e. The van der Waals surface area contributed by atoms with Crippen LogP contribution in [0, 0.1) is 6.92 Å². The standard InChI is InChI=1S/C21H20N6O/c1-15(17-7-9-18(10-8-17)26-12-11-22-14-26)24-25-21(28)13-27-16(2)23-19-5-3-4-6-20(19)27/h3-12,14H,13H2,1-2H3,(H,25,28)/b24-15-. The van der Waals surface area contributed by atoms with Crippen molar-refractivity contribution in [2.24, 2.45) is 5.10 Å². The van der Waals surface area contributed by atoms with Crippen molar-refractivity contribution in [3.8, 4) is 5.69 Å². The molecule has 7 nitrogen and oxygen atoms in total. The van der Waals surface area contributed by atoms with E-state index in [1.54, 1.807) is 12.5 Å². The van der Waals surface area contributed by atoms with Crippen LogP contribution in [-0.4, -0.2) is 30.7 Å². The summed E-state index contributed by atoms with van der Waals surface area (Å²) >= 11 is 0. The zero-order valence-corrected chi connectivity index (χ0v) is 15.7. The molecular weight excluding hydrogens is 352 g/mol. The van der Waals surface area contributed by atoms with E-state index in [9.17, 15) is 4.79 Å². The molecule has 1 amide bonds. The lowest BCUT2D eigenvalue weighted by Gasteiger charge is -2.07. The van der Waals surface area contributed by atoms with Gasteiger partial charge in [-0.3, -0.25) is 4.79 Å². The molecule has 2 heterocycles. The summed E-state index contributed by atoms with van der Waals surface area (Å²) in [5.41, 5.74) is 7.14. The maximum absolute atomic E-state index is 12.4. The maximum Gasteiger partial charge on any atom is 0.260 e. The van der Waals surface area contributed by atoms with Crippen LogP contribution < -0.4 is 5.43 Å². The normalized spacial score (nSPS) is 11.7. The maximum atomic E-state index is 12.4. The molecule has 0 spiro atoms. The molecule has 4 aromatic rings. The van der Waals surface area contributed by atoms with E-state index in [2.05, 4.69) is 20.5 Å². The van der Waals surface area contributed by atoms with Gasteiger partial charge >= 0.3 is 0 Å². The van der Waals surface area contributed by atoms with Crippen molar-refractivity contribution < 1.29 is 4.79 Å². The molecule has 0 aliphatic carbocycles. The molecule has 0 aliphatic heterocycles. The molecule has 28 heavy (non-hydrogen) atoms. The number of fused-ring (bicyclic) bond motifs is 1. The van der Waals surface area contributed by atoms with Gasteiger partial charge in [0.05, 0.1) is 23.1 Å². The third-order valence-corrected chi connectivity index (χ3v) is 4.58. The summed E-state index contributed by atoms with van der Waals surface area (Å²) in [7, 11) is 0. The number of carbonyl (C=O) groups is 1. The number of hydrazone groups is 1. The van der Waals surface area contributed by atoms with Crippen molar-refractivity contribution in [2.45, 2.75) is 20.4 Å². The lowest BCUT2D eigenvalue weighted by molar-refractivity contribution is -0.121. The summed E-state index contributed by atoms with van der Waals surface area (Å²) in [4.78, 5) is 20.9. The van der Waals surface area contributed by atoms with Crippen molar-refractivity contribution in [3.63, 3.8) is 0 Å². The van der Waals surface area contributed by atoms with Crippen molar-refractivity contribution in [1.29, 1.82) is 0 Å². The van der Waals surface area contributed by atoms with Gasteiger partial charge in [-0.25, -0.2) is 15.4 Å². The van der Waals surface area contributed by atoms with Gasteiger partial charge < -0.3 is 9.13 Å². The molecule has 7 heteroatoms. The van der Waals surface area contributed by atoms with E-state index in [4.69, 9.17) is 0 Å². The highest BCUT2D eigenvalue weighted by Crippen LogP contribution is 2.15. The number of para-hydroxylation sites is 2. The molecule has 0 atom stereocenters. The molecule has 0 unspecified atom stereocenters. The second-order valence-electron chi connectivity index (χ2n) is 6.48. The summed E-state index contributed by atoms with van der Waals surface area (Å²) < 4.78 is 3.81. The van der Waals surface area contributed by atoms with Crippen molar-refractivity contribution in [2.75, 3.05) is 0 Å². The van der Waals surface area contributed by atoms with Crippen LogP contribution in [0.25, 0.3) is 16.7 Å². The van der Waals surface area contributed by atoms with Crippen LogP contribution >= 0.6 is 0 Å². The molecule has 1 N–H and O–H groups in total. The van der Waals surface area contributed by atoms with Gasteiger partial charge in [0, 0.05) is 18.1 Å². The number of rotatable bonds is 5. The first-order valence-electron chi connectivity index (χ1n) is 8.95. The van der Waals surface area contributed by atoms with E-state index in [-0.39, 0.29) is 12.5 Å². The Balaban J connectivity index is 1.44. The van der Waals surface area contributed by atoms with Crippen LogP contribution in [0.3, 0.4) is 0 Å². The number of hydrogen-bond donors (Lipinski definition) is 1. The highest BCUT2D eigenvalue weighted by atomic mass is 16.2. The van der Waals surface area contributed by atoms with E-state index in [0.717, 1.165) is 33.8 Å². The van der Waals surface area contributed by atoms with Gasteiger partial charge in [0.1, 0.15) is 12.4 Å². The fourth-order valence-electron chi connectivity index (χ4n) is 3.07. The first-order valence-corrected chi connectivity index (χ1v) is 8.95. The van der Waals surface area contributed by atoms with Gasteiger partial charge in [0.2, 0.25) is 0 Å². The second kappa shape index (κ2) is 7.48. The molecule has 0 fully saturated rings. The predicted molar refractivity (Wildman–Crippen MR) is 108 cm³/mol. The monoisotopic (exact) mass is 372 g/mol. The Hall–Kier alpha value is -3.74. The smallest absolute Gasteiger partial charge is 0.260 e. The van der Waals surface area contributed by atoms with Crippen LogP contribution in [0.2, 0.25) is 0 Å². The molecule has 4 rings (SSSR count). The highest BCUT2D eigenvalue weighted by molar-refractivity contribution is 5.99. The van der Waals surface area contributed by atoms with E-state index in [0.29, 0.717) is 0 Å². The number of imidazole rings is 2. The Kier molecular flexibility index (Phi) is 4.72. The molecule has 0 saturated heterocycles. The SMILES string of the molecule is C/C(=N/NC(=O)Cn1c(C)nc2ccccc21)c1ccc(-n2ccnc2)cc1. The Morgan fingerprint density at radius 3 is 2.68 bits per heavy atom. The lowest BCUT2D eigenvalue weighted by atomic mass is 10.1. The molecule has 0 radical (unpaired) electrons. The molecular formula is C21H20N6O. The van der Waals surface area contributed by atoms with Gasteiger partial charge in [-0.2, -0.15) is 5.10 Å². The van der Waals surface area contributed by atoms with Crippen molar-refractivity contribution in [3.05, 3.63) is 78.6 Å². The van der Waals surface area contributed by atoms with Crippen LogP contribution in [0.15, 0.2) is 72.4 Å². The molecule has 2 aromatic carbocycles. The largest absolute Gasteiger partial charge is 0.319 e. The number of amides is 1. The van der Waals surface area contributed by atoms with E-state index in [1.807, 2.05) is 77.7 Å². The molecule has 140 valence electrons. The third-order valence-electron chi connectivity index (χ3n) is 4.58. The molecule has 0 saturated carbocycles. The first-order chi connectivity index (χ1) is 13.6. The lowest BCUT2D eigenvalue weighted by Crippen LogP contribution is -2.24. The van der Waals surface area contributed by atoms with Crippen LogP contribution in [0.1, 0.15) is 18.3 Å². The summed E-state index contributed by atoms with van der Waals surface area (Å²) in [6, 6.07) is 15.7. The topological polar surface area (TPSA) is 77.1 Å². The van der Waals surface area contributed by atoms with Crippen molar-refractivity contribution in [1.82, 2.24) is 24.5 Å². The van der Waals surface area contributed by atoms with Crippen LogP contribution in [0.5, 0.6) is 0 Å². The Labute approximate surface area is 162 Å². The van der Waals surface area contributed by atoms with Crippen molar-refractivity contribution >= 4 is 22.7 Å². The number of nitrogens with zero attached hydrogens (tertiary/aromatic N) is 5. The number of aryl methyl sites for hydroxylation is 1. The summed E-state index contributed by atoms with van der Waals surface area (Å²) in [6.45, 7) is 3.93. The zero-order valence-electron chi connectivity index (χ0n) is 15.7. The van der Waals surface area contributed by atoms with Gasteiger partial charge in [-0.1, -0.05) is 24.3 Å². The van der Waals surface area contributed by atoms with Crippen LogP contribution in [0.4, 0.5) is 0 Å². The third kappa shape index (κ3) is 3.55. The van der Waals surface area contributed by atoms with Gasteiger partial charge in [-0.05, 0) is 43.7 Å². The Bertz CT molecular complexity index is 1140. The fourth-order valence-corrected chi connectivity index (χ4v) is 3.07. The fraction of sp³-hybridized carbons (Fsp3) is 0.143. The van der Waals surface area contributed by atoms with Crippen LogP contribution in [-0.2, 0) is 11.3 Å². The summed E-state index contributed by atoms with van der Waals surface area (Å²) in [5, 5.41) is 4.24. The number of benzene rings is 2. The van der Waals surface area contributed by atoms with E-state index in [1.165, 1.54) is 0 Å². The average molecular weight is 372 g/mol. The molecule has 2 aromatic heterocycles. The minimum atomic E-state index is -0.194. The van der Waals surface area contributed by atoms with Gasteiger partial charge in [-0.15, -0.1) is 0 Å². The Morgan fingerprint density at radius 1 is 1.14 bits per heavy atom. The zero-order chi connectivity index (χ0) is 19.5. The Morgan fingerprint density at radius 2 is 1.93 bits per heavy atom. The minimum absolute atomic E-state index is 0.169. The summed E-state index contributed by atoms with van der Waals surface area (Å²) in [5.74, 6) is 0.604. The summed E-state index contributed by atoms with van der Waals surface area (Å²) in [6.07, 6.45) is 5.37. The first kappa shape index (κ1) is 17.7. The second-order valence-corrected chi connectivity index (χ2v) is 6.48. The predicted octanol–water partition coefficient (Wildman–Crippen LogP) is 3.07. The number of nitrogens with one attached hydrogen (secondary N) is 1. The highest BCUT2D eigenvalue weighted by Gasteiger charge is 2.10. The molecule has 0 aliphatic rings. The number of carbonyl (C=O) groups excluding carboxylic acids is 1. The molecule has 0 bridgehead atoms. The van der Waals surface area contributed by atoms with Gasteiger partial charge in [0.15, 0.2) is 0 Å².